The monoisotopic (exact) mass is 223 g/mol. The van der Waals surface area contributed by atoms with E-state index in [-0.39, 0.29) is 10.9 Å². The van der Waals surface area contributed by atoms with Crippen molar-refractivity contribution in [2.45, 2.75) is 0 Å². The van der Waals surface area contributed by atoms with Crippen molar-refractivity contribution in [1.29, 1.82) is 0 Å². The van der Waals surface area contributed by atoms with Crippen LogP contribution in [-0.4, -0.2) is 21.2 Å². The number of pyridine rings is 1. The predicted molar refractivity (Wildman–Crippen MR) is 53.2 cm³/mol. The lowest BCUT2D eigenvalue weighted by Gasteiger charge is -2.03. The minimum atomic E-state index is -1.46. The highest BCUT2D eigenvalue weighted by Gasteiger charge is 2.16. The summed E-state index contributed by atoms with van der Waals surface area (Å²) >= 11 is 0. The van der Waals surface area contributed by atoms with Gasteiger partial charge < -0.3 is 15.2 Å². The number of aromatic carboxylic acids is 1. The van der Waals surface area contributed by atoms with E-state index >= 15 is 0 Å². The fourth-order valence-corrected chi connectivity index (χ4v) is 1.40. The van der Waals surface area contributed by atoms with Crippen LogP contribution in [0.25, 0.3) is 10.9 Å². The molecule has 3 N–H and O–H groups in total. The van der Waals surface area contributed by atoms with Gasteiger partial charge in [0.1, 0.15) is 5.82 Å². The molecule has 1 aromatic heterocycles. The fourth-order valence-electron chi connectivity index (χ4n) is 1.40. The van der Waals surface area contributed by atoms with Gasteiger partial charge in [-0.05, 0) is 18.2 Å². The molecule has 0 bridgehead atoms. The molecule has 1 aromatic carbocycles. The Bertz CT molecular complexity index is 647. The topological polar surface area (TPSA) is 90.4 Å². The van der Waals surface area contributed by atoms with E-state index in [1.54, 1.807) is 0 Å². The highest BCUT2D eigenvalue weighted by molar-refractivity contribution is 5.92. The standard InChI is InChI=1S/C10H6FNO4/c11-4-1-2-6-5(3-4)8(13)9(14)7(12-6)10(15)16/h1-3,14H,(H,12,13)(H,15,16). The van der Waals surface area contributed by atoms with Crippen molar-refractivity contribution in [2.75, 3.05) is 0 Å². The molecule has 0 fully saturated rings. The maximum atomic E-state index is 12.9. The summed E-state index contributed by atoms with van der Waals surface area (Å²) < 4.78 is 12.9. The minimum Gasteiger partial charge on any atom is -0.502 e. The van der Waals surface area contributed by atoms with Crippen LogP contribution in [0.1, 0.15) is 10.5 Å². The summed E-state index contributed by atoms with van der Waals surface area (Å²) in [5, 5.41) is 17.9. The van der Waals surface area contributed by atoms with Crippen molar-refractivity contribution in [3.63, 3.8) is 0 Å². The van der Waals surface area contributed by atoms with Crippen LogP contribution < -0.4 is 5.43 Å². The summed E-state index contributed by atoms with van der Waals surface area (Å²) in [5.41, 5.74) is -1.36. The van der Waals surface area contributed by atoms with Gasteiger partial charge in [0, 0.05) is 0 Å². The van der Waals surface area contributed by atoms with E-state index in [1.165, 1.54) is 6.07 Å². The number of carboxylic acids is 1. The van der Waals surface area contributed by atoms with Gasteiger partial charge >= 0.3 is 5.97 Å². The summed E-state index contributed by atoms with van der Waals surface area (Å²) in [4.78, 5) is 24.5. The maximum Gasteiger partial charge on any atom is 0.356 e. The number of aromatic nitrogens is 1. The second-order valence-corrected chi connectivity index (χ2v) is 3.17. The number of hydrogen-bond donors (Lipinski definition) is 3. The Morgan fingerprint density at radius 2 is 2.06 bits per heavy atom. The first-order valence-electron chi connectivity index (χ1n) is 4.28. The lowest BCUT2D eigenvalue weighted by atomic mass is 10.1. The van der Waals surface area contributed by atoms with Crippen LogP contribution in [0, 0.1) is 5.82 Å². The average Bonchev–Trinajstić information content (AvgIpc) is 2.23. The van der Waals surface area contributed by atoms with Gasteiger partial charge in [0.15, 0.2) is 11.4 Å². The molecule has 0 radical (unpaired) electrons. The molecule has 16 heavy (non-hydrogen) atoms. The number of benzene rings is 1. The molecule has 82 valence electrons. The third-order valence-electron chi connectivity index (χ3n) is 2.15. The van der Waals surface area contributed by atoms with E-state index in [4.69, 9.17) is 5.11 Å². The number of carbonyl (C=O) groups is 1. The second kappa shape index (κ2) is 3.34. The first kappa shape index (κ1) is 10.2. The Hall–Kier alpha value is -2.37. The lowest BCUT2D eigenvalue weighted by Crippen LogP contribution is -2.11. The predicted octanol–water partition coefficient (Wildman–Crippen LogP) is 1.07. The van der Waals surface area contributed by atoms with E-state index in [1.807, 2.05) is 0 Å². The Balaban J connectivity index is 2.94. The number of carboxylic acid groups (broad SMARTS) is 1. The van der Waals surface area contributed by atoms with E-state index in [0.29, 0.717) is 0 Å². The number of H-pyrrole nitrogens is 1. The highest BCUT2D eigenvalue weighted by Crippen LogP contribution is 2.16. The zero-order valence-electron chi connectivity index (χ0n) is 7.82. The largest absolute Gasteiger partial charge is 0.502 e. The van der Waals surface area contributed by atoms with Gasteiger partial charge in [-0.25, -0.2) is 9.18 Å². The number of nitrogens with one attached hydrogen (secondary N) is 1. The lowest BCUT2D eigenvalue weighted by molar-refractivity contribution is 0.0687. The van der Waals surface area contributed by atoms with Gasteiger partial charge in [-0.3, -0.25) is 4.79 Å². The Kier molecular flexibility index (Phi) is 2.12. The van der Waals surface area contributed by atoms with Gasteiger partial charge in [-0.1, -0.05) is 0 Å². The molecule has 2 aromatic rings. The van der Waals surface area contributed by atoms with E-state index in [9.17, 15) is 19.1 Å². The smallest absolute Gasteiger partial charge is 0.356 e. The number of aromatic hydroxyl groups is 1. The van der Waals surface area contributed by atoms with Crippen LogP contribution in [0.4, 0.5) is 4.39 Å². The quantitative estimate of drug-likeness (QED) is 0.674. The maximum absolute atomic E-state index is 12.9. The Labute approximate surface area is 87.8 Å². The average molecular weight is 223 g/mol. The van der Waals surface area contributed by atoms with Crippen molar-refractivity contribution in [1.82, 2.24) is 4.98 Å². The van der Waals surface area contributed by atoms with Crippen LogP contribution in [0.3, 0.4) is 0 Å². The van der Waals surface area contributed by atoms with Crippen LogP contribution in [-0.2, 0) is 0 Å². The molecule has 0 aliphatic carbocycles. The Morgan fingerprint density at radius 1 is 1.38 bits per heavy atom. The molecule has 0 unspecified atom stereocenters. The number of aromatic amines is 1. The number of fused-ring (bicyclic) bond motifs is 1. The van der Waals surface area contributed by atoms with Crippen LogP contribution in [0.5, 0.6) is 5.75 Å². The Morgan fingerprint density at radius 3 is 2.69 bits per heavy atom. The second-order valence-electron chi connectivity index (χ2n) is 3.17. The number of rotatable bonds is 1. The molecule has 0 saturated carbocycles. The van der Waals surface area contributed by atoms with Crippen LogP contribution in [0.15, 0.2) is 23.0 Å². The first-order chi connectivity index (χ1) is 7.50. The number of halogens is 1. The van der Waals surface area contributed by atoms with Gasteiger partial charge in [-0.2, -0.15) is 0 Å². The molecule has 5 nitrogen and oxygen atoms in total. The van der Waals surface area contributed by atoms with Gasteiger partial charge in [0.05, 0.1) is 10.9 Å². The van der Waals surface area contributed by atoms with Crippen molar-refractivity contribution < 1.29 is 19.4 Å². The molecular weight excluding hydrogens is 217 g/mol. The molecule has 0 aliphatic rings. The zero-order chi connectivity index (χ0) is 11.9. The zero-order valence-corrected chi connectivity index (χ0v) is 7.82. The van der Waals surface area contributed by atoms with Crippen molar-refractivity contribution in [2.24, 2.45) is 0 Å². The fraction of sp³-hybridized carbons (Fsp3) is 0. The van der Waals surface area contributed by atoms with Gasteiger partial charge in [0.2, 0.25) is 5.43 Å². The summed E-state index contributed by atoms with van der Waals surface area (Å²) in [5.74, 6) is -3.02. The molecule has 0 amide bonds. The van der Waals surface area contributed by atoms with Gasteiger partial charge in [-0.15, -0.1) is 0 Å². The minimum absolute atomic E-state index is 0.0949. The van der Waals surface area contributed by atoms with Crippen LogP contribution >= 0.6 is 0 Å². The normalized spacial score (nSPS) is 10.6. The highest BCUT2D eigenvalue weighted by atomic mass is 19.1. The first-order valence-corrected chi connectivity index (χ1v) is 4.28. The van der Waals surface area contributed by atoms with Crippen molar-refractivity contribution in [3.05, 3.63) is 39.9 Å². The molecule has 2 rings (SSSR count). The molecular formula is C10H6FNO4. The van der Waals surface area contributed by atoms with Crippen LogP contribution in [0.2, 0.25) is 0 Å². The third-order valence-corrected chi connectivity index (χ3v) is 2.15. The third kappa shape index (κ3) is 1.40. The van der Waals surface area contributed by atoms with Gasteiger partial charge in [0.25, 0.3) is 0 Å². The van der Waals surface area contributed by atoms with Crippen molar-refractivity contribution >= 4 is 16.9 Å². The summed E-state index contributed by atoms with van der Waals surface area (Å²) in [6.07, 6.45) is 0. The van der Waals surface area contributed by atoms with E-state index in [2.05, 4.69) is 4.98 Å². The molecule has 0 atom stereocenters. The van der Waals surface area contributed by atoms with E-state index < -0.39 is 28.7 Å². The molecule has 1 heterocycles. The molecule has 0 aliphatic heterocycles. The van der Waals surface area contributed by atoms with Crippen molar-refractivity contribution in [3.8, 4) is 5.75 Å². The molecule has 6 heteroatoms. The molecule has 0 saturated heterocycles. The summed E-state index contributed by atoms with van der Waals surface area (Å²) in [6.45, 7) is 0. The molecule has 0 spiro atoms. The number of hydrogen-bond acceptors (Lipinski definition) is 3. The van der Waals surface area contributed by atoms with E-state index in [0.717, 1.165) is 12.1 Å². The summed E-state index contributed by atoms with van der Waals surface area (Å²) in [7, 11) is 0. The summed E-state index contributed by atoms with van der Waals surface area (Å²) in [6, 6.07) is 3.25. The SMILES string of the molecule is O=C(O)c1[nH]c2ccc(F)cc2c(=O)c1O.